The summed E-state index contributed by atoms with van der Waals surface area (Å²) in [6.07, 6.45) is -3.80. The number of ether oxygens (including phenoxy) is 1. The number of halogens is 4. The van der Waals surface area contributed by atoms with Crippen molar-refractivity contribution >= 4 is 17.7 Å². The fraction of sp³-hybridized carbons (Fsp3) is 0.560. The number of nitrogens with zero attached hydrogens (tertiary/aromatic N) is 3. The maximum atomic E-state index is 13.5. The summed E-state index contributed by atoms with van der Waals surface area (Å²) in [6, 6.07) is 2.78. The lowest BCUT2D eigenvalue weighted by Crippen LogP contribution is -2.45. The highest BCUT2D eigenvalue weighted by molar-refractivity contribution is 6.46. The van der Waals surface area contributed by atoms with Gasteiger partial charge in [0.05, 0.1) is 18.7 Å². The normalized spacial score (nSPS) is 19.6. The van der Waals surface area contributed by atoms with Crippen molar-refractivity contribution in [2.45, 2.75) is 57.7 Å². The number of likely N-dealkylation sites (tertiary alicyclic amines) is 1. The van der Waals surface area contributed by atoms with Gasteiger partial charge in [0, 0.05) is 25.2 Å². The number of benzene rings is 1. The SMILES string of the molecule is CC(C)(C)OC(=O)N1CCC2=C(C1)C(C(=O)N1CCC(c3ccc(F)cc3C(F)(F)F)CC1)=NC2. The fourth-order valence-corrected chi connectivity index (χ4v) is 4.84. The molecular formula is C25H29F4N3O3. The van der Waals surface area contributed by atoms with E-state index in [4.69, 9.17) is 4.74 Å². The van der Waals surface area contributed by atoms with Crippen LogP contribution in [0.25, 0.3) is 0 Å². The van der Waals surface area contributed by atoms with Crippen LogP contribution in [0, 0.1) is 5.82 Å². The lowest BCUT2D eigenvalue weighted by molar-refractivity contribution is -0.139. The summed E-state index contributed by atoms with van der Waals surface area (Å²) in [5, 5.41) is 0. The summed E-state index contributed by atoms with van der Waals surface area (Å²) in [6.45, 7) is 7.08. The van der Waals surface area contributed by atoms with Crippen molar-refractivity contribution in [3.8, 4) is 0 Å². The number of carbonyl (C=O) groups is 2. The van der Waals surface area contributed by atoms with Crippen molar-refractivity contribution < 1.29 is 31.9 Å². The second-order valence-electron chi connectivity index (χ2n) is 10.2. The Morgan fingerprint density at radius 3 is 2.37 bits per heavy atom. The Morgan fingerprint density at radius 1 is 1.06 bits per heavy atom. The molecule has 0 N–H and O–H groups in total. The second-order valence-corrected chi connectivity index (χ2v) is 10.2. The van der Waals surface area contributed by atoms with E-state index in [9.17, 15) is 27.2 Å². The van der Waals surface area contributed by atoms with Crippen molar-refractivity contribution in [1.82, 2.24) is 9.80 Å². The molecule has 0 aliphatic carbocycles. The molecule has 3 aliphatic rings. The first kappa shape index (κ1) is 25.2. The molecule has 0 aromatic heterocycles. The molecule has 0 atom stereocenters. The van der Waals surface area contributed by atoms with Crippen molar-refractivity contribution in [3.05, 3.63) is 46.3 Å². The van der Waals surface area contributed by atoms with Crippen LogP contribution >= 0.6 is 0 Å². The standard InChI is InChI=1S/C25H29F4N3O3/c1-24(2,3)35-23(34)32-11-8-16-13-30-21(19(16)14-32)22(33)31-9-6-15(7-10-31)18-5-4-17(26)12-20(18)25(27,28)29/h4-5,12,15H,6-11,13-14H2,1-3H3. The lowest BCUT2D eigenvalue weighted by atomic mass is 9.86. The predicted molar refractivity (Wildman–Crippen MR) is 122 cm³/mol. The van der Waals surface area contributed by atoms with Gasteiger partial charge in [0.25, 0.3) is 5.91 Å². The minimum absolute atomic E-state index is 0.0643. The number of hydrogen-bond donors (Lipinski definition) is 0. The quantitative estimate of drug-likeness (QED) is 0.546. The van der Waals surface area contributed by atoms with Gasteiger partial charge in [-0.05, 0) is 69.2 Å². The molecule has 3 aliphatic heterocycles. The molecule has 1 saturated heterocycles. The van der Waals surface area contributed by atoms with Crippen LogP contribution in [0.3, 0.4) is 0 Å². The topological polar surface area (TPSA) is 62.2 Å². The number of alkyl halides is 3. The monoisotopic (exact) mass is 495 g/mol. The molecule has 2 amide bonds. The van der Waals surface area contributed by atoms with Gasteiger partial charge in [0.1, 0.15) is 17.1 Å². The Morgan fingerprint density at radius 2 is 1.74 bits per heavy atom. The summed E-state index contributed by atoms with van der Waals surface area (Å²) >= 11 is 0. The molecule has 0 saturated carbocycles. The molecule has 6 nitrogen and oxygen atoms in total. The van der Waals surface area contributed by atoms with Gasteiger partial charge >= 0.3 is 12.3 Å². The van der Waals surface area contributed by atoms with E-state index in [1.807, 2.05) is 0 Å². The minimum atomic E-state index is -4.65. The molecule has 190 valence electrons. The van der Waals surface area contributed by atoms with E-state index in [2.05, 4.69) is 4.99 Å². The highest BCUT2D eigenvalue weighted by atomic mass is 19.4. The first-order chi connectivity index (χ1) is 16.3. The van der Waals surface area contributed by atoms with E-state index < -0.39 is 35.2 Å². The number of aliphatic imine (C=N–C) groups is 1. The molecule has 10 heteroatoms. The molecule has 1 aromatic rings. The van der Waals surface area contributed by atoms with Crippen molar-refractivity contribution in [1.29, 1.82) is 0 Å². The highest BCUT2D eigenvalue weighted by Gasteiger charge is 2.39. The number of rotatable bonds is 2. The van der Waals surface area contributed by atoms with Gasteiger partial charge in [0.2, 0.25) is 0 Å². The zero-order chi connectivity index (χ0) is 25.5. The first-order valence-corrected chi connectivity index (χ1v) is 11.7. The molecule has 0 unspecified atom stereocenters. The van der Waals surface area contributed by atoms with Gasteiger partial charge in [-0.15, -0.1) is 0 Å². The van der Waals surface area contributed by atoms with Gasteiger partial charge < -0.3 is 14.5 Å². The van der Waals surface area contributed by atoms with Gasteiger partial charge in [0.15, 0.2) is 0 Å². The summed E-state index contributed by atoms with van der Waals surface area (Å²) in [5.41, 5.74) is 0.576. The van der Waals surface area contributed by atoms with Crippen LogP contribution < -0.4 is 0 Å². The van der Waals surface area contributed by atoms with E-state index >= 15 is 0 Å². The summed E-state index contributed by atoms with van der Waals surface area (Å²) in [5.74, 6) is -1.62. The second kappa shape index (κ2) is 9.28. The third kappa shape index (κ3) is 5.51. The largest absolute Gasteiger partial charge is 0.444 e. The highest BCUT2D eigenvalue weighted by Crippen LogP contribution is 2.39. The van der Waals surface area contributed by atoms with E-state index in [0.717, 1.165) is 17.2 Å². The van der Waals surface area contributed by atoms with Gasteiger partial charge in [-0.1, -0.05) is 6.07 Å². The smallest absolute Gasteiger partial charge is 0.416 e. The Balaban J connectivity index is 1.42. The maximum Gasteiger partial charge on any atom is 0.416 e. The zero-order valence-electron chi connectivity index (χ0n) is 20.0. The summed E-state index contributed by atoms with van der Waals surface area (Å²) in [4.78, 5) is 33.4. The van der Waals surface area contributed by atoms with Crippen LogP contribution in [-0.2, 0) is 15.7 Å². The zero-order valence-corrected chi connectivity index (χ0v) is 20.0. The Bertz CT molecular complexity index is 1080. The molecule has 4 rings (SSSR count). The Labute approximate surface area is 201 Å². The average Bonchev–Trinajstić information content (AvgIpc) is 3.20. The maximum absolute atomic E-state index is 13.5. The minimum Gasteiger partial charge on any atom is -0.444 e. The summed E-state index contributed by atoms with van der Waals surface area (Å²) in [7, 11) is 0. The number of piperidine rings is 1. The fourth-order valence-electron chi connectivity index (χ4n) is 4.84. The predicted octanol–water partition coefficient (Wildman–Crippen LogP) is 4.94. The molecule has 1 aromatic carbocycles. The van der Waals surface area contributed by atoms with Crippen LogP contribution in [0.1, 0.15) is 57.1 Å². The molecule has 0 radical (unpaired) electrons. The molecule has 0 spiro atoms. The lowest BCUT2D eigenvalue weighted by Gasteiger charge is -2.34. The molecule has 1 fully saturated rings. The first-order valence-electron chi connectivity index (χ1n) is 11.7. The van der Waals surface area contributed by atoms with Gasteiger partial charge in [-0.3, -0.25) is 9.79 Å². The van der Waals surface area contributed by atoms with Crippen molar-refractivity contribution in [2.75, 3.05) is 32.7 Å². The Kier molecular flexibility index (Phi) is 6.68. The van der Waals surface area contributed by atoms with Crippen molar-refractivity contribution in [2.24, 2.45) is 4.99 Å². The van der Waals surface area contributed by atoms with Crippen LogP contribution in [0.4, 0.5) is 22.4 Å². The van der Waals surface area contributed by atoms with E-state index in [1.54, 1.807) is 30.6 Å². The average molecular weight is 496 g/mol. The number of amides is 2. The third-order valence-electron chi connectivity index (χ3n) is 6.57. The van der Waals surface area contributed by atoms with E-state index in [-0.39, 0.29) is 31.1 Å². The van der Waals surface area contributed by atoms with Gasteiger partial charge in [-0.25, -0.2) is 9.18 Å². The van der Waals surface area contributed by atoms with Gasteiger partial charge in [-0.2, -0.15) is 13.2 Å². The van der Waals surface area contributed by atoms with Crippen LogP contribution in [0.2, 0.25) is 0 Å². The number of hydrogen-bond acceptors (Lipinski definition) is 4. The molecular weight excluding hydrogens is 466 g/mol. The third-order valence-corrected chi connectivity index (χ3v) is 6.57. The molecule has 35 heavy (non-hydrogen) atoms. The van der Waals surface area contributed by atoms with Crippen molar-refractivity contribution in [3.63, 3.8) is 0 Å². The summed E-state index contributed by atoms with van der Waals surface area (Å²) < 4.78 is 59.3. The molecule has 3 heterocycles. The van der Waals surface area contributed by atoms with Crippen LogP contribution in [-0.4, -0.2) is 65.8 Å². The van der Waals surface area contributed by atoms with Crippen LogP contribution in [0.5, 0.6) is 0 Å². The van der Waals surface area contributed by atoms with E-state index in [0.29, 0.717) is 44.1 Å². The Hall–Kier alpha value is -2.91. The number of carbonyl (C=O) groups excluding carboxylic acids is 2. The van der Waals surface area contributed by atoms with Crippen LogP contribution in [0.15, 0.2) is 34.3 Å². The van der Waals surface area contributed by atoms with E-state index in [1.165, 1.54) is 6.07 Å². The molecule has 0 bridgehead atoms.